The van der Waals surface area contributed by atoms with Crippen LogP contribution in [0, 0.1) is 11.3 Å². The van der Waals surface area contributed by atoms with Gasteiger partial charge in [-0.3, -0.25) is 9.36 Å². The van der Waals surface area contributed by atoms with Crippen molar-refractivity contribution in [2.45, 2.75) is 18.5 Å². The molecule has 0 fully saturated rings. The molecule has 1 aromatic heterocycles. The van der Waals surface area contributed by atoms with E-state index in [0.717, 1.165) is 22.8 Å². The molecule has 3 rings (SSSR count). The quantitative estimate of drug-likeness (QED) is 0.433. The maximum absolute atomic E-state index is 11.9. The molecular weight excluding hydrogens is 386 g/mol. The molecule has 2 aromatic carbocycles. The number of carbonyl (C=O) groups excluding carboxylic acids is 1. The lowest BCUT2D eigenvalue weighted by atomic mass is 10.1. The number of carbonyl (C=O) groups is 1. The van der Waals surface area contributed by atoms with Gasteiger partial charge < -0.3 is 10.1 Å². The smallest absolute Gasteiger partial charge is 0.231 e. The fraction of sp³-hybridized carbons (Fsp3) is 0.238. The van der Waals surface area contributed by atoms with Crippen LogP contribution in [0.4, 0.5) is 0 Å². The molecule has 1 heterocycles. The minimum atomic E-state index is -0.220. The summed E-state index contributed by atoms with van der Waals surface area (Å²) in [5.74, 6) is 1.50. The van der Waals surface area contributed by atoms with Gasteiger partial charge in [-0.25, -0.2) is 0 Å². The molecule has 8 heteroatoms. The summed E-state index contributed by atoms with van der Waals surface area (Å²) in [6, 6.07) is 19.6. The van der Waals surface area contributed by atoms with Gasteiger partial charge in [-0.2, -0.15) is 5.26 Å². The number of nitrogens with one attached hydrogen (secondary N) is 1. The van der Waals surface area contributed by atoms with Crippen molar-refractivity contribution in [3.05, 3.63) is 66.0 Å². The Hall–Kier alpha value is -3.31. The first kappa shape index (κ1) is 20.4. The lowest BCUT2D eigenvalue weighted by molar-refractivity contribution is -0.118. The molecule has 148 valence electrons. The number of nitriles is 1. The first-order valence-corrected chi connectivity index (χ1v) is 10.2. The van der Waals surface area contributed by atoms with E-state index >= 15 is 0 Å². The Morgan fingerprint density at radius 3 is 2.62 bits per heavy atom. The summed E-state index contributed by atoms with van der Waals surface area (Å²) < 4.78 is 7.48. The molecule has 0 atom stereocenters. The van der Waals surface area contributed by atoms with Gasteiger partial charge in [-0.05, 0) is 36.8 Å². The molecule has 0 unspecified atom stereocenters. The first-order chi connectivity index (χ1) is 14.2. The van der Waals surface area contributed by atoms with E-state index in [4.69, 9.17) is 10.00 Å². The van der Waals surface area contributed by atoms with Gasteiger partial charge in [0.05, 0.1) is 18.4 Å². The summed E-state index contributed by atoms with van der Waals surface area (Å²) in [6.07, 6.45) is 0.613. The summed E-state index contributed by atoms with van der Waals surface area (Å²) in [5.41, 5.74) is 2.01. The van der Waals surface area contributed by atoms with E-state index < -0.39 is 0 Å². The Morgan fingerprint density at radius 2 is 1.93 bits per heavy atom. The number of aromatic nitrogens is 3. The van der Waals surface area contributed by atoms with Gasteiger partial charge in [-0.1, -0.05) is 42.1 Å². The molecule has 0 spiro atoms. The van der Waals surface area contributed by atoms with Crippen molar-refractivity contribution in [3.8, 4) is 17.5 Å². The summed E-state index contributed by atoms with van der Waals surface area (Å²) in [6.45, 7) is 2.53. The molecular formula is C21H21N5O2S. The third kappa shape index (κ3) is 5.59. The molecule has 1 amide bonds. The second-order valence-electron chi connectivity index (χ2n) is 6.05. The maximum atomic E-state index is 11.9. The van der Waals surface area contributed by atoms with Crippen molar-refractivity contribution in [2.75, 3.05) is 18.9 Å². The van der Waals surface area contributed by atoms with Crippen LogP contribution in [0.5, 0.6) is 5.75 Å². The number of nitrogens with zero attached hydrogens (tertiary/aromatic N) is 4. The largest absolute Gasteiger partial charge is 0.494 e. The highest BCUT2D eigenvalue weighted by molar-refractivity contribution is 7.99. The van der Waals surface area contributed by atoms with Crippen LogP contribution in [0.15, 0.2) is 59.8 Å². The van der Waals surface area contributed by atoms with Gasteiger partial charge in [-0.15, -0.1) is 10.2 Å². The maximum Gasteiger partial charge on any atom is 0.231 e. The minimum Gasteiger partial charge on any atom is -0.494 e. The van der Waals surface area contributed by atoms with Crippen molar-refractivity contribution in [2.24, 2.45) is 0 Å². The van der Waals surface area contributed by atoms with Gasteiger partial charge in [0.2, 0.25) is 5.91 Å². The summed E-state index contributed by atoms with van der Waals surface area (Å²) in [4.78, 5) is 11.9. The molecule has 0 bridgehead atoms. The summed E-state index contributed by atoms with van der Waals surface area (Å²) in [5, 5.41) is 20.4. The highest BCUT2D eigenvalue weighted by Crippen LogP contribution is 2.25. The fourth-order valence-electron chi connectivity index (χ4n) is 2.72. The van der Waals surface area contributed by atoms with Crippen LogP contribution < -0.4 is 10.1 Å². The second-order valence-corrected chi connectivity index (χ2v) is 6.99. The fourth-order valence-corrected chi connectivity index (χ4v) is 3.52. The van der Waals surface area contributed by atoms with Crippen LogP contribution in [0.1, 0.15) is 18.3 Å². The van der Waals surface area contributed by atoms with E-state index in [0.29, 0.717) is 18.2 Å². The first-order valence-electron chi connectivity index (χ1n) is 9.19. The zero-order valence-electron chi connectivity index (χ0n) is 16.0. The predicted molar refractivity (Wildman–Crippen MR) is 111 cm³/mol. The molecule has 0 radical (unpaired) electrons. The van der Waals surface area contributed by atoms with E-state index in [9.17, 15) is 4.79 Å². The zero-order valence-corrected chi connectivity index (χ0v) is 16.9. The van der Waals surface area contributed by atoms with Crippen LogP contribution in [-0.4, -0.2) is 39.6 Å². The van der Waals surface area contributed by atoms with Crippen LogP contribution in [-0.2, 0) is 11.2 Å². The number of hydrogen-bond acceptors (Lipinski definition) is 6. The molecule has 7 nitrogen and oxygen atoms in total. The van der Waals surface area contributed by atoms with Crippen LogP contribution in [0.25, 0.3) is 5.69 Å². The third-order valence-corrected chi connectivity index (χ3v) is 4.94. The SMILES string of the molecule is CCOc1ccc(-n2c(Cc3ccccc3)nnc2SCC(=O)NCC#N)cc1. The number of hydrogen-bond donors (Lipinski definition) is 1. The van der Waals surface area contributed by atoms with Gasteiger partial charge >= 0.3 is 0 Å². The number of ether oxygens (including phenoxy) is 1. The van der Waals surface area contributed by atoms with E-state index in [1.165, 1.54) is 11.8 Å². The lowest BCUT2D eigenvalue weighted by Gasteiger charge is -2.11. The van der Waals surface area contributed by atoms with E-state index in [1.807, 2.05) is 72.2 Å². The van der Waals surface area contributed by atoms with Crippen molar-refractivity contribution in [3.63, 3.8) is 0 Å². The highest BCUT2D eigenvalue weighted by Gasteiger charge is 2.16. The van der Waals surface area contributed by atoms with Crippen LogP contribution >= 0.6 is 11.8 Å². The molecule has 0 aliphatic heterocycles. The normalized spacial score (nSPS) is 10.3. The third-order valence-electron chi connectivity index (χ3n) is 4.01. The average Bonchev–Trinajstić information content (AvgIpc) is 3.14. The number of thioether (sulfide) groups is 1. The number of amides is 1. The van der Waals surface area contributed by atoms with Crippen LogP contribution in [0.3, 0.4) is 0 Å². The lowest BCUT2D eigenvalue weighted by Crippen LogP contribution is -2.25. The topological polar surface area (TPSA) is 92.8 Å². The monoisotopic (exact) mass is 407 g/mol. The predicted octanol–water partition coefficient (Wildman–Crippen LogP) is 2.99. The Kier molecular flexibility index (Phi) is 7.25. The molecule has 0 aliphatic rings. The molecule has 29 heavy (non-hydrogen) atoms. The van der Waals surface area contributed by atoms with E-state index in [2.05, 4.69) is 15.5 Å². The van der Waals surface area contributed by atoms with Gasteiger partial charge in [0, 0.05) is 12.1 Å². The van der Waals surface area contributed by atoms with Gasteiger partial charge in [0.25, 0.3) is 0 Å². The Labute approximate surface area is 173 Å². The summed E-state index contributed by atoms with van der Waals surface area (Å²) in [7, 11) is 0. The Morgan fingerprint density at radius 1 is 1.17 bits per heavy atom. The van der Waals surface area contributed by atoms with Crippen molar-refractivity contribution < 1.29 is 9.53 Å². The van der Waals surface area contributed by atoms with Gasteiger partial charge in [0.15, 0.2) is 5.16 Å². The molecule has 3 aromatic rings. The van der Waals surface area contributed by atoms with Crippen LogP contribution in [0.2, 0.25) is 0 Å². The van der Waals surface area contributed by atoms with Crippen molar-refractivity contribution in [1.82, 2.24) is 20.1 Å². The van der Waals surface area contributed by atoms with E-state index in [-0.39, 0.29) is 18.2 Å². The molecule has 1 N–H and O–H groups in total. The van der Waals surface area contributed by atoms with Crippen molar-refractivity contribution >= 4 is 17.7 Å². The highest BCUT2D eigenvalue weighted by atomic mass is 32.2. The standard InChI is InChI=1S/C21H21N5O2S/c1-2-28-18-10-8-17(9-11-18)26-19(14-16-6-4-3-5-7-16)24-25-21(26)29-15-20(27)23-13-12-22/h3-11H,2,13-15H2,1H3,(H,23,27). The average molecular weight is 407 g/mol. The minimum absolute atomic E-state index is 0.00969. The van der Waals surface area contributed by atoms with Crippen molar-refractivity contribution in [1.29, 1.82) is 5.26 Å². The zero-order chi connectivity index (χ0) is 20.5. The molecule has 0 saturated heterocycles. The van der Waals surface area contributed by atoms with E-state index in [1.54, 1.807) is 0 Å². The second kappa shape index (κ2) is 10.3. The molecule has 0 saturated carbocycles. The van der Waals surface area contributed by atoms with Gasteiger partial charge in [0.1, 0.15) is 18.1 Å². The number of benzene rings is 2. The summed E-state index contributed by atoms with van der Waals surface area (Å²) >= 11 is 1.28. The molecule has 0 aliphatic carbocycles. The number of rotatable bonds is 9. The Bertz CT molecular complexity index is 981. The Balaban J connectivity index is 1.87.